The SMILES string of the molecule is COc1ccc(-c2[nH]c(CC(C)c3cccc4ccccc34)nc2-c2ccc(Cl)c(Cl)c2)cc1. The van der Waals surface area contributed by atoms with E-state index in [1.165, 1.54) is 16.3 Å². The number of imidazole rings is 1. The molecule has 0 bridgehead atoms. The van der Waals surface area contributed by atoms with Gasteiger partial charge in [-0.3, -0.25) is 0 Å². The molecule has 0 aliphatic rings. The van der Waals surface area contributed by atoms with Gasteiger partial charge >= 0.3 is 0 Å². The van der Waals surface area contributed by atoms with Crippen molar-refractivity contribution in [3.63, 3.8) is 0 Å². The molecule has 0 radical (unpaired) electrons. The molecule has 1 N–H and O–H groups in total. The Balaban J connectivity index is 1.56. The van der Waals surface area contributed by atoms with E-state index in [4.69, 9.17) is 32.9 Å². The molecule has 4 aromatic carbocycles. The number of nitrogens with one attached hydrogen (secondary N) is 1. The molecular formula is C29H24Cl2N2O. The summed E-state index contributed by atoms with van der Waals surface area (Å²) in [4.78, 5) is 8.62. The number of aromatic nitrogens is 2. The van der Waals surface area contributed by atoms with Crippen LogP contribution in [0.3, 0.4) is 0 Å². The Morgan fingerprint density at radius 3 is 2.35 bits per heavy atom. The van der Waals surface area contributed by atoms with Gasteiger partial charge in [0.05, 0.1) is 28.5 Å². The zero-order valence-corrected chi connectivity index (χ0v) is 20.5. The molecule has 0 saturated heterocycles. The molecule has 34 heavy (non-hydrogen) atoms. The summed E-state index contributed by atoms with van der Waals surface area (Å²) in [6.07, 6.45) is 0.776. The fraction of sp³-hybridized carbons (Fsp3) is 0.138. The number of nitrogens with zero attached hydrogens (tertiary/aromatic N) is 1. The molecule has 1 unspecified atom stereocenters. The van der Waals surface area contributed by atoms with Crippen LogP contribution >= 0.6 is 23.2 Å². The van der Waals surface area contributed by atoms with E-state index in [2.05, 4.69) is 54.4 Å². The van der Waals surface area contributed by atoms with E-state index in [0.29, 0.717) is 10.0 Å². The Kier molecular flexibility index (Phi) is 6.32. The number of H-pyrrole nitrogens is 1. The predicted octanol–water partition coefficient (Wildman–Crippen LogP) is 8.56. The molecular weight excluding hydrogens is 463 g/mol. The molecule has 3 nitrogen and oxygen atoms in total. The first-order chi connectivity index (χ1) is 16.5. The van der Waals surface area contributed by atoms with E-state index in [1.807, 2.05) is 42.5 Å². The second-order valence-electron chi connectivity index (χ2n) is 8.44. The molecule has 0 saturated carbocycles. The quantitative estimate of drug-likeness (QED) is 0.261. The molecule has 5 heteroatoms. The molecule has 1 atom stereocenters. The zero-order chi connectivity index (χ0) is 23.7. The number of hydrogen-bond acceptors (Lipinski definition) is 2. The van der Waals surface area contributed by atoms with Gasteiger partial charge in [-0.15, -0.1) is 0 Å². The fourth-order valence-electron chi connectivity index (χ4n) is 4.42. The van der Waals surface area contributed by atoms with Crippen LogP contribution < -0.4 is 4.74 Å². The number of aromatic amines is 1. The third-order valence-corrected chi connectivity index (χ3v) is 6.92. The summed E-state index contributed by atoms with van der Waals surface area (Å²) in [6, 6.07) is 28.6. The van der Waals surface area contributed by atoms with E-state index in [0.717, 1.165) is 40.5 Å². The summed E-state index contributed by atoms with van der Waals surface area (Å²) in [6.45, 7) is 2.25. The standard InChI is InChI=1S/C29H24Cl2N2O/c1-18(23-9-5-7-19-6-3-4-8-24(19)23)16-27-32-28(20-10-13-22(34-2)14-11-20)29(33-27)21-12-15-25(30)26(31)17-21/h3-15,17-18H,16H2,1-2H3,(H,32,33). The lowest BCUT2D eigenvalue weighted by molar-refractivity contribution is 0.415. The number of ether oxygens (including phenoxy) is 1. The first-order valence-corrected chi connectivity index (χ1v) is 12.0. The maximum atomic E-state index is 6.34. The lowest BCUT2D eigenvalue weighted by Crippen LogP contribution is -2.01. The van der Waals surface area contributed by atoms with Gasteiger partial charge in [-0.2, -0.15) is 0 Å². The van der Waals surface area contributed by atoms with Crippen LogP contribution in [0.25, 0.3) is 33.3 Å². The van der Waals surface area contributed by atoms with Gasteiger partial charge in [0, 0.05) is 17.5 Å². The molecule has 1 heterocycles. The number of hydrogen-bond donors (Lipinski definition) is 1. The van der Waals surface area contributed by atoms with Crippen molar-refractivity contribution < 1.29 is 4.74 Å². The summed E-state index contributed by atoms with van der Waals surface area (Å²) in [5.41, 5.74) is 5.06. The number of fused-ring (bicyclic) bond motifs is 1. The Morgan fingerprint density at radius 2 is 1.59 bits per heavy atom. The largest absolute Gasteiger partial charge is 0.497 e. The van der Waals surface area contributed by atoms with Crippen molar-refractivity contribution >= 4 is 34.0 Å². The average Bonchev–Trinajstić information content (AvgIpc) is 3.29. The Labute approximate surface area is 209 Å². The number of methoxy groups -OCH3 is 1. The van der Waals surface area contributed by atoms with Crippen LogP contribution in [-0.2, 0) is 6.42 Å². The molecule has 170 valence electrons. The smallest absolute Gasteiger partial charge is 0.118 e. The van der Waals surface area contributed by atoms with Crippen molar-refractivity contribution in [2.45, 2.75) is 19.3 Å². The highest BCUT2D eigenvalue weighted by Crippen LogP contribution is 2.36. The Morgan fingerprint density at radius 1 is 0.853 bits per heavy atom. The zero-order valence-electron chi connectivity index (χ0n) is 19.0. The summed E-state index contributed by atoms with van der Waals surface area (Å²) < 4.78 is 5.33. The van der Waals surface area contributed by atoms with Crippen LogP contribution in [0.5, 0.6) is 5.75 Å². The fourth-order valence-corrected chi connectivity index (χ4v) is 4.72. The first kappa shape index (κ1) is 22.5. The second kappa shape index (κ2) is 9.54. The Bertz CT molecular complexity index is 1450. The van der Waals surface area contributed by atoms with Gasteiger partial charge in [-0.25, -0.2) is 4.98 Å². The highest BCUT2D eigenvalue weighted by molar-refractivity contribution is 6.42. The molecule has 1 aromatic heterocycles. The molecule has 5 aromatic rings. The van der Waals surface area contributed by atoms with Gasteiger partial charge in [0.1, 0.15) is 11.6 Å². The van der Waals surface area contributed by atoms with Gasteiger partial charge in [-0.1, -0.05) is 78.7 Å². The molecule has 0 aliphatic heterocycles. The van der Waals surface area contributed by atoms with Crippen molar-refractivity contribution in [1.29, 1.82) is 0 Å². The van der Waals surface area contributed by atoms with Gasteiger partial charge in [0.2, 0.25) is 0 Å². The van der Waals surface area contributed by atoms with Crippen molar-refractivity contribution in [3.8, 4) is 28.3 Å². The molecule has 0 amide bonds. The average molecular weight is 487 g/mol. The third-order valence-electron chi connectivity index (χ3n) is 6.18. The minimum Gasteiger partial charge on any atom is -0.497 e. The molecule has 5 rings (SSSR count). The molecule has 0 fully saturated rings. The molecule has 0 aliphatic carbocycles. The minimum atomic E-state index is 0.280. The topological polar surface area (TPSA) is 37.9 Å². The van der Waals surface area contributed by atoms with Crippen LogP contribution in [0.4, 0.5) is 0 Å². The third kappa shape index (κ3) is 4.42. The normalized spacial score (nSPS) is 12.1. The summed E-state index contributed by atoms with van der Waals surface area (Å²) in [7, 11) is 1.67. The number of benzene rings is 4. The predicted molar refractivity (Wildman–Crippen MR) is 142 cm³/mol. The second-order valence-corrected chi connectivity index (χ2v) is 9.25. The summed E-state index contributed by atoms with van der Waals surface area (Å²) in [5, 5.41) is 3.57. The van der Waals surface area contributed by atoms with Crippen molar-refractivity contribution in [2.75, 3.05) is 7.11 Å². The highest BCUT2D eigenvalue weighted by atomic mass is 35.5. The highest BCUT2D eigenvalue weighted by Gasteiger charge is 2.18. The number of halogens is 2. The summed E-state index contributed by atoms with van der Waals surface area (Å²) >= 11 is 12.5. The van der Waals surface area contributed by atoms with Gasteiger partial charge in [0.15, 0.2) is 0 Å². The van der Waals surface area contributed by atoms with Crippen LogP contribution in [-0.4, -0.2) is 17.1 Å². The maximum absolute atomic E-state index is 6.34. The maximum Gasteiger partial charge on any atom is 0.118 e. The van der Waals surface area contributed by atoms with Crippen LogP contribution in [0.1, 0.15) is 24.2 Å². The van der Waals surface area contributed by atoms with E-state index >= 15 is 0 Å². The monoisotopic (exact) mass is 486 g/mol. The van der Waals surface area contributed by atoms with Crippen LogP contribution in [0.2, 0.25) is 10.0 Å². The van der Waals surface area contributed by atoms with Gasteiger partial charge in [-0.05, 0) is 58.7 Å². The van der Waals surface area contributed by atoms with Crippen LogP contribution in [0.15, 0.2) is 84.9 Å². The lowest BCUT2D eigenvalue weighted by atomic mass is 9.92. The van der Waals surface area contributed by atoms with Crippen LogP contribution in [0, 0.1) is 0 Å². The van der Waals surface area contributed by atoms with Crippen molar-refractivity contribution in [2.24, 2.45) is 0 Å². The van der Waals surface area contributed by atoms with Gasteiger partial charge in [0.25, 0.3) is 0 Å². The van der Waals surface area contributed by atoms with E-state index in [9.17, 15) is 0 Å². The van der Waals surface area contributed by atoms with E-state index in [-0.39, 0.29) is 5.92 Å². The summed E-state index contributed by atoms with van der Waals surface area (Å²) in [5.74, 6) is 2.01. The van der Waals surface area contributed by atoms with E-state index < -0.39 is 0 Å². The molecule has 0 spiro atoms. The number of rotatable bonds is 6. The van der Waals surface area contributed by atoms with Crippen molar-refractivity contribution in [1.82, 2.24) is 9.97 Å². The first-order valence-electron chi connectivity index (χ1n) is 11.2. The minimum absolute atomic E-state index is 0.280. The van der Waals surface area contributed by atoms with E-state index in [1.54, 1.807) is 7.11 Å². The van der Waals surface area contributed by atoms with Gasteiger partial charge < -0.3 is 9.72 Å². The lowest BCUT2D eigenvalue weighted by Gasteiger charge is -2.13. The van der Waals surface area contributed by atoms with Crippen molar-refractivity contribution in [3.05, 3.63) is 106 Å². The Hall–Kier alpha value is -3.27.